The van der Waals surface area contributed by atoms with Gasteiger partial charge in [-0.2, -0.15) is 13.2 Å². The van der Waals surface area contributed by atoms with Gasteiger partial charge in [0.15, 0.2) is 11.0 Å². The van der Waals surface area contributed by atoms with Crippen molar-refractivity contribution in [2.24, 2.45) is 5.92 Å². The molecule has 0 bridgehead atoms. The van der Waals surface area contributed by atoms with E-state index in [2.05, 4.69) is 5.32 Å². The fourth-order valence-corrected chi connectivity index (χ4v) is 4.02. The molecule has 24 heavy (non-hydrogen) atoms. The molecule has 0 radical (unpaired) electrons. The highest BCUT2D eigenvalue weighted by atomic mass is 32.2. The van der Waals surface area contributed by atoms with Crippen LogP contribution in [-0.4, -0.2) is 27.2 Å². The van der Waals surface area contributed by atoms with Crippen molar-refractivity contribution in [1.29, 1.82) is 0 Å². The Morgan fingerprint density at radius 3 is 2.50 bits per heavy atom. The maximum Gasteiger partial charge on any atom is 0.416 e. The average Bonchev–Trinajstić information content (AvgIpc) is 2.72. The summed E-state index contributed by atoms with van der Waals surface area (Å²) in [5.41, 5.74) is -0.673. The van der Waals surface area contributed by atoms with E-state index in [1.807, 2.05) is 13.8 Å². The van der Waals surface area contributed by atoms with Crippen molar-refractivity contribution in [3.63, 3.8) is 0 Å². The van der Waals surface area contributed by atoms with Crippen LogP contribution >= 0.6 is 0 Å². The average molecular weight is 361 g/mol. The van der Waals surface area contributed by atoms with Gasteiger partial charge in [-0.3, -0.25) is 13.8 Å². The summed E-state index contributed by atoms with van der Waals surface area (Å²) >= 11 is 0. The van der Waals surface area contributed by atoms with E-state index >= 15 is 0 Å². The Morgan fingerprint density at radius 2 is 1.92 bits per heavy atom. The van der Waals surface area contributed by atoms with E-state index in [9.17, 15) is 27.0 Å². The maximum atomic E-state index is 12.7. The Balaban J connectivity index is 2.13. The maximum absolute atomic E-state index is 12.7. The topological polar surface area (TPSA) is 63.2 Å². The highest BCUT2D eigenvalue weighted by Crippen LogP contribution is 2.30. The molecule has 1 aromatic carbocycles. The number of rotatable bonds is 5. The molecular formula is C16H18F3NO3S. The first-order chi connectivity index (χ1) is 11.1. The first-order valence-corrected chi connectivity index (χ1v) is 8.85. The lowest BCUT2D eigenvalue weighted by atomic mass is 10.0. The molecule has 2 rings (SSSR count). The van der Waals surface area contributed by atoms with Gasteiger partial charge in [-0.25, -0.2) is 0 Å². The Bertz CT molecular complexity index is 673. The molecule has 8 heteroatoms. The quantitative estimate of drug-likeness (QED) is 0.820. The van der Waals surface area contributed by atoms with Crippen LogP contribution in [0.2, 0.25) is 0 Å². The van der Waals surface area contributed by atoms with Crippen molar-refractivity contribution in [3.05, 3.63) is 35.4 Å². The molecule has 1 aliphatic rings. The van der Waals surface area contributed by atoms with Gasteiger partial charge in [-0.15, -0.1) is 0 Å². The number of halogens is 3. The van der Waals surface area contributed by atoms with Crippen molar-refractivity contribution >= 4 is 22.5 Å². The van der Waals surface area contributed by atoms with Gasteiger partial charge < -0.3 is 5.32 Å². The summed E-state index contributed by atoms with van der Waals surface area (Å²) in [7, 11) is -1.91. The van der Waals surface area contributed by atoms with E-state index in [0.29, 0.717) is 6.42 Å². The standard InChI is InChI=1S/C16H18F3NO3S/c1-9(2)6-12-13(21)14(15(22)20-12)24(23)8-10-4-3-5-11(7-10)16(17,18)19/h3-5,7,9,12,14H,6,8H2,1-2H3,(H,20,22). The van der Waals surface area contributed by atoms with Gasteiger partial charge in [-0.05, 0) is 24.0 Å². The zero-order chi connectivity index (χ0) is 18.1. The third-order valence-electron chi connectivity index (χ3n) is 3.69. The fourth-order valence-electron chi connectivity index (χ4n) is 2.61. The van der Waals surface area contributed by atoms with Crippen molar-refractivity contribution in [1.82, 2.24) is 5.32 Å². The SMILES string of the molecule is CC(C)CC1NC(=O)C(S(=O)Cc2cccc(C(F)(F)F)c2)C1=O. The molecule has 1 fully saturated rings. The first kappa shape index (κ1) is 18.6. The normalized spacial score (nSPS) is 22.8. The first-order valence-electron chi connectivity index (χ1n) is 7.47. The number of benzene rings is 1. The van der Waals surface area contributed by atoms with Crippen molar-refractivity contribution in [3.8, 4) is 0 Å². The number of carbonyl (C=O) groups excluding carboxylic acids is 2. The predicted octanol–water partition coefficient (Wildman–Crippen LogP) is 2.44. The van der Waals surface area contributed by atoms with Crippen LogP contribution in [0.4, 0.5) is 13.2 Å². The minimum absolute atomic E-state index is 0.176. The molecule has 0 saturated carbocycles. The van der Waals surface area contributed by atoms with Crippen LogP contribution < -0.4 is 5.32 Å². The molecule has 1 N–H and O–H groups in total. The number of hydrogen-bond acceptors (Lipinski definition) is 3. The van der Waals surface area contributed by atoms with E-state index in [-0.39, 0.29) is 17.2 Å². The summed E-state index contributed by atoms with van der Waals surface area (Å²) in [5, 5.41) is 1.21. The molecule has 132 valence electrons. The van der Waals surface area contributed by atoms with Crippen molar-refractivity contribution < 1.29 is 27.0 Å². The Kier molecular flexibility index (Phi) is 5.47. The molecule has 3 unspecified atom stereocenters. The number of nitrogens with one attached hydrogen (secondary N) is 1. The molecule has 3 atom stereocenters. The third kappa shape index (κ3) is 4.23. The van der Waals surface area contributed by atoms with Crippen LogP contribution in [-0.2, 0) is 32.3 Å². The molecule has 0 aromatic heterocycles. The molecular weight excluding hydrogens is 343 g/mol. The Hall–Kier alpha value is -1.70. The predicted molar refractivity (Wildman–Crippen MR) is 83.5 cm³/mol. The number of Topliss-reactive ketones (excluding diaryl/α,β-unsaturated/α-hetero) is 1. The number of amides is 1. The van der Waals surface area contributed by atoms with Crippen molar-refractivity contribution in [2.45, 2.75) is 43.5 Å². The number of hydrogen-bond donors (Lipinski definition) is 1. The minimum atomic E-state index is -4.50. The molecule has 1 aromatic rings. The monoisotopic (exact) mass is 361 g/mol. The van der Waals surface area contributed by atoms with Crippen LogP contribution in [0.25, 0.3) is 0 Å². The lowest BCUT2D eigenvalue weighted by Crippen LogP contribution is -2.31. The summed E-state index contributed by atoms with van der Waals surface area (Å²) in [6.07, 6.45) is -4.05. The Labute approximate surface area is 140 Å². The molecule has 1 heterocycles. The van der Waals surface area contributed by atoms with E-state index in [4.69, 9.17) is 0 Å². The molecule has 0 aliphatic carbocycles. The van der Waals surface area contributed by atoms with Gasteiger partial charge in [0, 0.05) is 16.6 Å². The summed E-state index contributed by atoms with van der Waals surface area (Å²) < 4.78 is 50.5. The summed E-state index contributed by atoms with van der Waals surface area (Å²) in [4.78, 5) is 24.2. The fraction of sp³-hybridized carbons (Fsp3) is 0.500. The number of ketones is 1. The lowest BCUT2D eigenvalue weighted by molar-refractivity contribution is -0.137. The number of alkyl halides is 3. The minimum Gasteiger partial charge on any atom is -0.345 e. The summed E-state index contributed by atoms with van der Waals surface area (Å²) in [6.45, 7) is 3.79. The van der Waals surface area contributed by atoms with Crippen molar-refractivity contribution in [2.75, 3.05) is 0 Å². The van der Waals surface area contributed by atoms with Gasteiger partial charge in [0.05, 0.1) is 11.6 Å². The molecule has 1 saturated heterocycles. The van der Waals surface area contributed by atoms with Crippen LogP contribution in [0, 0.1) is 5.92 Å². The van der Waals surface area contributed by atoms with E-state index in [0.717, 1.165) is 12.1 Å². The summed E-state index contributed by atoms with van der Waals surface area (Å²) in [6, 6.07) is 3.75. The number of carbonyl (C=O) groups is 2. The van der Waals surface area contributed by atoms with E-state index in [1.54, 1.807) is 0 Å². The van der Waals surface area contributed by atoms with Crippen LogP contribution in [0.1, 0.15) is 31.4 Å². The second-order valence-corrected chi connectivity index (χ2v) is 7.72. The highest BCUT2D eigenvalue weighted by Gasteiger charge is 2.44. The van der Waals surface area contributed by atoms with Gasteiger partial charge in [0.1, 0.15) is 0 Å². The largest absolute Gasteiger partial charge is 0.416 e. The molecule has 1 amide bonds. The Morgan fingerprint density at radius 1 is 1.25 bits per heavy atom. The van der Waals surface area contributed by atoms with Gasteiger partial charge in [0.2, 0.25) is 5.91 Å². The second kappa shape index (κ2) is 7.04. The molecule has 1 aliphatic heterocycles. The van der Waals surface area contributed by atoms with Gasteiger partial charge in [0.25, 0.3) is 0 Å². The third-order valence-corrected chi connectivity index (χ3v) is 5.28. The van der Waals surface area contributed by atoms with Crippen LogP contribution in [0.3, 0.4) is 0 Å². The molecule has 0 spiro atoms. The molecule has 4 nitrogen and oxygen atoms in total. The summed E-state index contributed by atoms with van der Waals surface area (Å²) in [5.74, 6) is -1.16. The van der Waals surface area contributed by atoms with Gasteiger partial charge >= 0.3 is 6.18 Å². The van der Waals surface area contributed by atoms with Crippen LogP contribution in [0.5, 0.6) is 0 Å². The zero-order valence-electron chi connectivity index (χ0n) is 13.2. The van der Waals surface area contributed by atoms with Gasteiger partial charge in [-0.1, -0.05) is 32.0 Å². The smallest absolute Gasteiger partial charge is 0.345 e. The lowest BCUT2D eigenvalue weighted by Gasteiger charge is -2.11. The van der Waals surface area contributed by atoms with E-state index < -0.39 is 45.5 Å². The van der Waals surface area contributed by atoms with Crippen LogP contribution in [0.15, 0.2) is 24.3 Å². The zero-order valence-corrected chi connectivity index (χ0v) is 14.0. The van der Waals surface area contributed by atoms with E-state index in [1.165, 1.54) is 12.1 Å². The highest BCUT2D eigenvalue weighted by molar-refractivity contribution is 7.86. The second-order valence-electron chi connectivity index (χ2n) is 6.20.